The first-order chi connectivity index (χ1) is 6.33. The highest BCUT2D eigenvalue weighted by Gasteiger charge is 2.12. The van der Waals surface area contributed by atoms with Gasteiger partial charge in [-0.25, -0.2) is 0 Å². The number of carbonyl (C=O) groups excluding carboxylic acids is 1. The Morgan fingerprint density at radius 2 is 2.08 bits per heavy atom. The van der Waals surface area contributed by atoms with Crippen LogP contribution in [-0.4, -0.2) is 19.4 Å². The van der Waals surface area contributed by atoms with Gasteiger partial charge >= 0.3 is 0 Å². The van der Waals surface area contributed by atoms with Crippen LogP contribution in [0.2, 0.25) is 0 Å². The van der Waals surface area contributed by atoms with Crippen molar-refractivity contribution in [2.45, 2.75) is 32.1 Å². The fraction of sp³-hybridized carbons (Fsp3) is 0.818. The van der Waals surface area contributed by atoms with E-state index in [-0.39, 0.29) is 5.92 Å². The minimum absolute atomic E-state index is 0.330. The van der Waals surface area contributed by atoms with E-state index in [1.807, 2.05) is 0 Å². The maximum Gasteiger partial charge on any atom is 0.124 e. The number of carbonyl (C=O) groups is 1. The molecule has 2 nitrogen and oxygen atoms in total. The van der Waals surface area contributed by atoms with E-state index in [4.69, 9.17) is 6.92 Å². The van der Waals surface area contributed by atoms with Crippen LogP contribution >= 0.6 is 0 Å². The second-order valence-corrected chi connectivity index (χ2v) is 3.96. The van der Waals surface area contributed by atoms with Crippen molar-refractivity contribution in [3.63, 3.8) is 0 Å². The highest BCUT2D eigenvalue weighted by molar-refractivity contribution is 5.54. The van der Waals surface area contributed by atoms with Crippen molar-refractivity contribution in [1.82, 2.24) is 5.32 Å². The minimum Gasteiger partial charge on any atom is -0.316 e. The van der Waals surface area contributed by atoms with Crippen molar-refractivity contribution in [3.05, 3.63) is 6.92 Å². The maximum absolute atomic E-state index is 10.2. The average Bonchev–Trinajstić information content (AvgIpc) is 2.19. The Morgan fingerprint density at radius 1 is 1.38 bits per heavy atom. The van der Waals surface area contributed by atoms with Crippen LogP contribution in [0.3, 0.4) is 0 Å². The third-order valence-electron chi connectivity index (χ3n) is 2.71. The van der Waals surface area contributed by atoms with Crippen molar-refractivity contribution in [1.29, 1.82) is 0 Å². The Labute approximate surface area is 81.1 Å². The lowest BCUT2D eigenvalue weighted by molar-refractivity contribution is -0.109. The number of nitrogens with one attached hydrogen (secondary N) is 1. The standard InChI is InChI=1S/C11H19NO/c1-10(9-13)7-12-8-11-5-3-2-4-6-11/h1,9-12H,2-8H2/t10-/m0/s1. The van der Waals surface area contributed by atoms with E-state index in [0.717, 1.165) is 18.7 Å². The van der Waals surface area contributed by atoms with Gasteiger partial charge in [0.15, 0.2) is 0 Å². The summed E-state index contributed by atoms with van der Waals surface area (Å²) in [5.74, 6) is 0.483. The van der Waals surface area contributed by atoms with Crippen molar-refractivity contribution >= 4 is 6.29 Å². The third kappa shape index (κ3) is 4.41. The van der Waals surface area contributed by atoms with Gasteiger partial charge in [0, 0.05) is 12.5 Å². The second-order valence-electron chi connectivity index (χ2n) is 3.96. The van der Waals surface area contributed by atoms with Crippen LogP contribution in [0.25, 0.3) is 0 Å². The molecule has 0 aromatic carbocycles. The summed E-state index contributed by atoms with van der Waals surface area (Å²) in [4.78, 5) is 10.2. The molecular formula is C11H19NO. The second kappa shape index (κ2) is 6.14. The molecule has 0 spiro atoms. The molecule has 1 N–H and O–H groups in total. The van der Waals surface area contributed by atoms with Crippen LogP contribution in [0, 0.1) is 18.8 Å². The van der Waals surface area contributed by atoms with E-state index in [0.29, 0.717) is 6.54 Å². The average molecular weight is 181 g/mol. The number of hydrogen-bond acceptors (Lipinski definition) is 2. The summed E-state index contributed by atoms with van der Waals surface area (Å²) < 4.78 is 0. The molecule has 74 valence electrons. The van der Waals surface area contributed by atoms with Gasteiger partial charge in [-0.2, -0.15) is 0 Å². The summed E-state index contributed by atoms with van der Waals surface area (Å²) in [6, 6.07) is 0. The monoisotopic (exact) mass is 181 g/mol. The number of hydrogen-bond donors (Lipinski definition) is 1. The molecule has 2 radical (unpaired) electrons. The summed E-state index contributed by atoms with van der Waals surface area (Å²) in [6.45, 7) is 7.11. The molecular weight excluding hydrogens is 162 g/mol. The van der Waals surface area contributed by atoms with Crippen molar-refractivity contribution < 1.29 is 4.79 Å². The van der Waals surface area contributed by atoms with Crippen LogP contribution in [0.4, 0.5) is 0 Å². The van der Waals surface area contributed by atoms with Crippen LogP contribution in [0.15, 0.2) is 0 Å². The molecule has 0 aromatic rings. The first kappa shape index (κ1) is 10.7. The highest BCUT2D eigenvalue weighted by atomic mass is 16.1. The molecule has 13 heavy (non-hydrogen) atoms. The van der Waals surface area contributed by atoms with Gasteiger partial charge in [0.25, 0.3) is 0 Å². The van der Waals surface area contributed by atoms with Gasteiger partial charge in [0.1, 0.15) is 6.29 Å². The van der Waals surface area contributed by atoms with Crippen molar-refractivity contribution in [2.75, 3.05) is 13.1 Å². The van der Waals surface area contributed by atoms with E-state index in [9.17, 15) is 4.79 Å². The first-order valence-corrected chi connectivity index (χ1v) is 5.24. The largest absolute Gasteiger partial charge is 0.316 e. The third-order valence-corrected chi connectivity index (χ3v) is 2.71. The minimum atomic E-state index is -0.330. The molecule has 0 bridgehead atoms. The van der Waals surface area contributed by atoms with Crippen LogP contribution < -0.4 is 5.32 Å². The normalized spacial score (nSPS) is 21.3. The Hall–Kier alpha value is -0.370. The van der Waals surface area contributed by atoms with Gasteiger partial charge in [0.2, 0.25) is 0 Å². The smallest absolute Gasteiger partial charge is 0.124 e. The Morgan fingerprint density at radius 3 is 2.69 bits per heavy atom. The summed E-state index contributed by atoms with van der Waals surface area (Å²) in [5, 5.41) is 3.25. The van der Waals surface area contributed by atoms with Gasteiger partial charge in [-0.15, -0.1) is 0 Å². The zero-order chi connectivity index (χ0) is 9.52. The molecule has 0 heterocycles. The molecule has 0 aliphatic heterocycles. The van der Waals surface area contributed by atoms with Crippen LogP contribution in [0.1, 0.15) is 32.1 Å². The van der Waals surface area contributed by atoms with Gasteiger partial charge < -0.3 is 10.1 Å². The summed E-state index contributed by atoms with van der Waals surface area (Å²) in [7, 11) is 0. The molecule has 0 amide bonds. The van der Waals surface area contributed by atoms with Gasteiger partial charge in [-0.3, -0.25) is 0 Å². The molecule has 1 atom stereocenters. The zero-order valence-electron chi connectivity index (χ0n) is 8.17. The lowest BCUT2D eigenvalue weighted by Crippen LogP contribution is -2.28. The predicted octanol–water partition coefficient (Wildman–Crippen LogP) is 1.68. The fourth-order valence-corrected chi connectivity index (χ4v) is 1.89. The molecule has 0 unspecified atom stereocenters. The highest BCUT2D eigenvalue weighted by Crippen LogP contribution is 2.22. The quantitative estimate of drug-likeness (QED) is 0.654. The van der Waals surface area contributed by atoms with E-state index < -0.39 is 0 Å². The Kier molecular flexibility index (Phi) is 5.06. The molecule has 0 aromatic heterocycles. The fourth-order valence-electron chi connectivity index (χ4n) is 1.89. The number of rotatable bonds is 5. The van der Waals surface area contributed by atoms with Crippen molar-refractivity contribution in [3.8, 4) is 0 Å². The van der Waals surface area contributed by atoms with Gasteiger partial charge in [0.05, 0.1) is 0 Å². The lowest BCUT2D eigenvalue weighted by Gasteiger charge is -2.22. The van der Waals surface area contributed by atoms with Gasteiger partial charge in [-0.1, -0.05) is 19.3 Å². The summed E-state index contributed by atoms with van der Waals surface area (Å²) >= 11 is 0. The predicted molar refractivity (Wildman–Crippen MR) is 53.3 cm³/mol. The van der Waals surface area contributed by atoms with Gasteiger partial charge in [-0.05, 0) is 32.2 Å². The molecule has 1 aliphatic carbocycles. The first-order valence-electron chi connectivity index (χ1n) is 5.24. The topological polar surface area (TPSA) is 29.1 Å². The molecule has 1 saturated carbocycles. The van der Waals surface area contributed by atoms with Crippen LogP contribution in [0.5, 0.6) is 0 Å². The van der Waals surface area contributed by atoms with E-state index in [2.05, 4.69) is 5.32 Å². The maximum atomic E-state index is 10.2. The summed E-state index contributed by atoms with van der Waals surface area (Å²) in [6.07, 6.45) is 7.60. The number of aldehydes is 1. The Balaban J connectivity index is 2.01. The molecule has 0 saturated heterocycles. The Bertz CT molecular complexity index is 141. The molecule has 1 fully saturated rings. The van der Waals surface area contributed by atoms with E-state index >= 15 is 0 Å². The molecule has 1 aliphatic rings. The molecule has 1 rings (SSSR count). The summed E-state index contributed by atoms with van der Waals surface area (Å²) in [5.41, 5.74) is 0. The SMILES string of the molecule is [CH][C@H](C=O)CNCC1CCCCC1. The van der Waals surface area contributed by atoms with Crippen molar-refractivity contribution in [2.24, 2.45) is 11.8 Å². The van der Waals surface area contributed by atoms with Crippen LogP contribution in [-0.2, 0) is 4.79 Å². The van der Waals surface area contributed by atoms with E-state index in [1.54, 1.807) is 0 Å². The van der Waals surface area contributed by atoms with E-state index in [1.165, 1.54) is 32.1 Å². The zero-order valence-corrected chi connectivity index (χ0v) is 8.17. The molecule has 2 heteroatoms. The lowest BCUT2D eigenvalue weighted by atomic mass is 9.89.